The molecule has 6 nitrogen and oxygen atoms in total. The number of pyridine rings is 1. The van der Waals surface area contributed by atoms with E-state index in [2.05, 4.69) is 0 Å². The van der Waals surface area contributed by atoms with E-state index in [1.807, 2.05) is 41.8 Å². The molecule has 0 spiro atoms. The fraction of sp³-hybridized carbons (Fsp3) is 0. The molecule has 7 heteroatoms. The second-order valence-electron chi connectivity index (χ2n) is 5.83. The van der Waals surface area contributed by atoms with Gasteiger partial charge in [-0.15, -0.1) is 11.3 Å². The van der Waals surface area contributed by atoms with Crippen LogP contribution in [0.5, 0.6) is 0 Å². The highest BCUT2D eigenvalue weighted by atomic mass is 32.1. The Hall–Kier alpha value is -3.76. The average molecular weight is 373 g/mol. The van der Waals surface area contributed by atoms with Crippen LogP contribution in [0.25, 0.3) is 27.0 Å². The van der Waals surface area contributed by atoms with Crippen LogP contribution in [0.3, 0.4) is 0 Å². The summed E-state index contributed by atoms with van der Waals surface area (Å²) < 4.78 is 1.43. The van der Waals surface area contributed by atoms with Crippen LogP contribution in [-0.4, -0.2) is 9.49 Å². The third kappa shape index (κ3) is 2.88. The highest BCUT2D eigenvalue weighted by molar-refractivity contribution is 7.13. The lowest BCUT2D eigenvalue weighted by Crippen LogP contribution is -2.21. The van der Waals surface area contributed by atoms with Crippen LogP contribution in [-0.2, 0) is 0 Å². The van der Waals surface area contributed by atoms with E-state index in [4.69, 9.17) is 0 Å². The summed E-state index contributed by atoms with van der Waals surface area (Å²) in [5.41, 5.74) is 1.56. The summed E-state index contributed by atoms with van der Waals surface area (Å²) >= 11 is 1.59. The lowest BCUT2D eigenvalue weighted by Gasteiger charge is -2.12. The van der Waals surface area contributed by atoms with Crippen LogP contribution in [0.4, 0.5) is 5.69 Å². The van der Waals surface area contributed by atoms with Crippen molar-refractivity contribution in [1.82, 2.24) is 4.57 Å². The molecule has 2 heterocycles. The molecule has 0 radical (unpaired) electrons. The van der Waals surface area contributed by atoms with Gasteiger partial charge in [0.15, 0.2) is 0 Å². The lowest BCUT2D eigenvalue weighted by molar-refractivity contribution is -0.384. The Morgan fingerprint density at radius 2 is 1.85 bits per heavy atom. The molecule has 130 valence electrons. The van der Waals surface area contributed by atoms with Crippen LogP contribution < -0.4 is 5.56 Å². The largest absolute Gasteiger partial charge is 0.276 e. The van der Waals surface area contributed by atoms with Gasteiger partial charge in [-0.1, -0.05) is 18.2 Å². The van der Waals surface area contributed by atoms with Gasteiger partial charge in [0.2, 0.25) is 0 Å². The molecule has 0 amide bonds. The molecule has 2 aromatic heterocycles. The third-order valence-electron chi connectivity index (χ3n) is 4.25. The molecule has 2 aromatic carbocycles. The minimum absolute atomic E-state index is 0.0183. The van der Waals surface area contributed by atoms with Crippen molar-refractivity contribution >= 4 is 27.9 Å². The first-order chi connectivity index (χ1) is 13.1. The molecule has 4 rings (SSSR count). The first-order valence-electron chi connectivity index (χ1n) is 7.97. The van der Waals surface area contributed by atoms with Gasteiger partial charge in [-0.25, -0.2) is 0 Å². The Labute approximate surface area is 157 Å². The van der Waals surface area contributed by atoms with Crippen molar-refractivity contribution in [1.29, 1.82) is 5.26 Å². The summed E-state index contributed by atoms with van der Waals surface area (Å²) in [6.45, 7) is 0. The van der Waals surface area contributed by atoms with Gasteiger partial charge in [-0.2, -0.15) is 5.26 Å². The zero-order valence-corrected chi connectivity index (χ0v) is 14.6. The monoisotopic (exact) mass is 373 g/mol. The first-order valence-corrected chi connectivity index (χ1v) is 8.85. The van der Waals surface area contributed by atoms with Gasteiger partial charge >= 0.3 is 0 Å². The number of hydrogen-bond acceptors (Lipinski definition) is 5. The summed E-state index contributed by atoms with van der Waals surface area (Å²) in [5.74, 6) is 0. The van der Waals surface area contributed by atoms with Crippen LogP contribution in [0.15, 0.2) is 70.8 Å². The number of nitro benzene ring substituents is 1. The average Bonchev–Trinajstić information content (AvgIpc) is 3.22. The zero-order valence-electron chi connectivity index (χ0n) is 13.8. The van der Waals surface area contributed by atoms with Crippen molar-refractivity contribution in [3.63, 3.8) is 0 Å². The number of thiophene rings is 1. The fourth-order valence-corrected chi connectivity index (χ4v) is 3.69. The summed E-state index contributed by atoms with van der Waals surface area (Å²) in [6, 6.07) is 18.9. The molecule has 0 aliphatic rings. The second-order valence-corrected chi connectivity index (χ2v) is 6.78. The minimum atomic E-state index is -0.495. The Morgan fingerprint density at radius 1 is 1.07 bits per heavy atom. The quantitative estimate of drug-likeness (QED) is 0.391. The fourth-order valence-electron chi connectivity index (χ4n) is 2.96. The molecule has 27 heavy (non-hydrogen) atoms. The number of rotatable bonds is 3. The maximum absolute atomic E-state index is 12.8. The number of non-ortho nitro benzene ring substituents is 1. The minimum Gasteiger partial charge on any atom is -0.276 e. The van der Waals surface area contributed by atoms with E-state index in [0.29, 0.717) is 11.2 Å². The number of nitriles is 1. The first kappa shape index (κ1) is 16.7. The third-order valence-corrected chi connectivity index (χ3v) is 5.17. The lowest BCUT2D eigenvalue weighted by atomic mass is 10.1. The van der Waals surface area contributed by atoms with Gasteiger partial charge in [-0.3, -0.25) is 19.5 Å². The van der Waals surface area contributed by atoms with E-state index < -0.39 is 10.5 Å². The van der Waals surface area contributed by atoms with Crippen molar-refractivity contribution in [3.05, 3.63) is 92.1 Å². The van der Waals surface area contributed by atoms with Crippen molar-refractivity contribution in [3.8, 4) is 22.2 Å². The van der Waals surface area contributed by atoms with Crippen LogP contribution in [0.2, 0.25) is 0 Å². The molecule has 0 saturated heterocycles. The molecule has 0 N–H and O–H groups in total. The van der Waals surface area contributed by atoms with E-state index in [1.54, 1.807) is 17.4 Å². The van der Waals surface area contributed by atoms with Crippen LogP contribution >= 0.6 is 11.3 Å². The van der Waals surface area contributed by atoms with Crippen LogP contribution in [0, 0.1) is 21.4 Å². The molecular weight excluding hydrogens is 362 g/mol. The molecule has 4 aromatic rings. The maximum atomic E-state index is 12.8. The van der Waals surface area contributed by atoms with Gasteiger partial charge in [0.05, 0.1) is 10.4 Å². The van der Waals surface area contributed by atoms with E-state index in [9.17, 15) is 20.2 Å². The Balaban J connectivity index is 2.02. The predicted octanol–water partition coefficient (Wildman–Crippen LogP) is 4.50. The van der Waals surface area contributed by atoms with Gasteiger partial charge < -0.3 is 0 Å². The predicted molar refractivity (Wildman–Crippen MR) is 104 cm³/mol. The van der Waals surface area contributed by atoms with E-state index in [1.165, 1.54) is 28.8 Å². The van der Waals surface area contributed by atoms with Gasteiger partial charge in [-0.05, 0) is 41.3 Å². The number of nitro groups is 1. The number of benzene rings is 2. The Bertz CT molecular complexity index is 1270. The summed E-state index contributed by atoms with van der Waals surface area (Å²) in [7, 11) is 0. The highest BCUT2D eigenvalue weighted by Crippen LogP contribution is 2.29. The Morgan fingerprint density at radius 3 is 2.48 bits per heavy atom. The number of aromatic nitrogens is 1. The summed E-state index contributed by atoms with van der Waals surface area (Å²) in [4.78, 5) is 24.3. The molecular formula is C20H11N3O3S. The normalized spacial score (nSPS) is 10.6. The maximum Gasteiger partial charge on any atom is 0.273 e. The van der Waals surface area contributed by atoms with Gasteiger partial charge in [0.25, 0.3) is 11.2 Å². The van der Waals surface area contributed by atoms with E-state index >= 15 is 0 Å². The van der Waals surface area contributed by atoms with Gasteiger partial charge in [0, 0.05) is 28.1 Å². The second kappa shape index (κ2) is 6.52. The molecule has 0 aliphatic carbocycles. The van der Waals surface area contributed by atoms with Crippen LogP contribution in [0.1, 0.15) is 5.56 Å². The van der Waals surface area contributed by atoms with Crippen molar-refractivity contribution in [2.75, 3.05) is 0 Å². The number of nitrogens with zero attached hydrogens (tertiary/aromatic N) is 3. The number of fused-ring (bicyclic) bond motifs is 1. The van der Waals surface area contributed by atoms with Gasteiger partial charge in [0.1, 0.15) is 11.6 Å². The van der Waals surface area contributed by atoms with E-state index in [-0.39, 0.29) is 11.3 Å². The molecule has 0 unspecified atom stereocenters. The molecule has 0 bridgehead atoms. The Kier molecular flexibility index (Phi) is 4.03. The molecule has 0 aliphatic heterocycles. The smallest absolute Gasteiger partial charge is 0.273 e. The topological polar surface area (TPSA) is 88.9 Å². The summed E-state index contributed by atoms with van der Waals surface area (Å²) in [6.07, 6.45) is 0. The standard InChI is InChI=1S/C20H11N3O3S/c21-12-15-10-13-3-4-14(19-2-1-9-27-19)11-18(13)22(20(15)24)16-5-7-17(8-6-16)23(25)26/h1-11H. The molecule has 0 saturated carbocycles. The molecule has 0 atom stereocenters. The summed E-state index contributed by atoms with van der Waals surface area (Å²) in [5, 5.41) is 22.9. The van der Waals surface area contributed by atoms with E-state index in [0.717, 1.165) is 15.8 Å². The zero-order chi connectivity index (χ0) is 19.0. The van der Waals surface area contributed by atoms with Crippen molar-refractivity contribution in [2.45, 2.75) is 0 Å². The SMILES string of the molecule is N#Cc1cc2ccc(-c3cccs3)cc2n(-c2ccc([N+](=O)[O-])cc2)c1=O. The number of hydrogen-bond donors (Lipinski definition) is 0. The van der Waals surface area contributed by atoms with Crippen molar-refractivity contribution < 1.29 is 4.92 Å². The highest BCUT2D eigenvalue weighted by Gasteiger charge is 2.13. The molecule has 0 fully saturated rings. The van der Waals surface area contributed by atoms with Crippen molar-refractivity contribution in [2.24, 2.45) is 0 Å².